The van der Waals surface area contributed by atoms with Crippen LogP contribution in [0.15, 0.2) is 36.9 Å². The zero-order valence-corrected chi connectivity index (χ0v) is 22.6. The van der Waals surface area contributed by atoms with Crippen molar-refractivity contribution >= 4 is 28.4 Å². The third kappa shape index (κ3) is 6.15. The SMILES string of the molecule is COC1CCC(NC(=O)c2cnn3ccc(-c4c[nH]c5nc(N[C@H]6CC[C@@H](OC(F)(F)F)CC6)ncc45)cc23)CC1. The lowest BCUT2D eigenvalue weighted by Gasteiger charge is -2.29. The van der Waals surface area contributed by atoms with Crippen molar-refractivity contribution in [1.29, 1.82) is 0 Å². The van der Waals surface area contributed by atoms with Crippen LogP contribution < -0.4 is 10.6 Å². The van der Waals surface area contributed by atoms with Crippen molar-refractivity contribution in [1.82, 2.24) is 29.9 Å². The van der Waals surface area contributed by atoms with Gasteiger partial charge in [0.2, 0.25) is 5.95 Å². The van der Waals surface area contributed by atoms with Crippen LogP contribution in [0, 0.1) is 0 Å². The summed E-state index contributed by atoms with van der Waals surface area (Å²) in [6.07, 6.45) is 7.16. The first-order chi connectivity index (χ1) is 19.8. The van der Waals surface area contributed by atoms with Crippen LogP contribution in [-0.4, -0.2) is 68.2 Å². The van der Waals surface area contributed by atoms with Gasteiger partial charge in [0, 0.05) is 48.7 Å². The van der Waals surface area contributed by atoms with Crippen molar-refractivity contribution < 1.29 is 27.4 Å². The minimum Gasteiger partial charge on any atom is -0.381 e. The van der Waals surface area contributed by atoms with E-state index in [1.807, 2.05) is 24.5 Å². The summed E-state index contributed by atoms with van der Waals surface area (Å²) in [5, 5.41) is 11.6. The Morgan fingerprint density at radius 2 is 1.78 bits per heavy atom. The summed E-state index contributed by atoms with van der Waals surface area (Å²) in [7, 11) is 1.73. The van der Waals surface area contributed by atoms with Gasteiger partial charge in [-0.1, -0.05) is 0 Å². The number of carbonyl (C=O) groups is 1. The first kappa shape index (κ1) is 27.5. The number of methoxy groups -OCH3 is 1. The van der Waals surface area contributed by atoms with E-state index in [2.05, 4.69) is 35.4 Å². The Balaban J connectivity index is 1.15. The molecule has 1 amide bonds. The van der Waals surface area contributed by atoms with Gasteiger partial charge in [0.05, 0.1) is 29.5 Å². The van der Waals surface area contributed by atoms with Crippen LogP contribution in [0.4, 0.5) is 19.1 Å². The predicted octanol–water partition coefficient (Wildman–Crippen LogP) is 5.22. The molecule has 0 aromatic carbocycles. The topological polar surface area (TPSA) is 118 Å². The van der Waals surface area contributed by atoms with Crippen LogP contribution >= 0.6 is 0 Å². The minimum atomic E-state index is -4.61. The van der Waals surface area contributed by atoms with E-state index in [-0.39, 0.29) is 24.1 Å². The number of fused-ring (bicyclic) bond motifs is 2. The van der Waals surface area contributed by atoms with Crippen LogP contribution in [0.5, 0.6) is 0 Å². The number of amides is 1. The van der Waals surface area contributed by atoms with E-state index in [0.29, 0.717) is 48.4 Å². The van der Waals surface area contributed by atoms with Crippen LogP contribution in [0.3, 0.4) is 0 Å². The summed E-state index contributed by atoms with van der Waals surface area (Å²) < 4.78 is 48.8. The fourth-order valence-electron chi connectivity index (χ4n) is 5.94. The highest BCUT2D eigenvalue weighted by Gasteiger charge is 2.35. The first-order valence-electron chi connectivity index (χ1n) is 13.9. The first-order valence-corrected chi connectivity index (χ1v) is 13.9. The largest absolute Gasteiger partial charge is 0.522 e. The summed E-state index contributed by atoms with van der Waals surface area (Å²) in [6, 6.07) is 3.94. The summed E-state index contributed by atoms with van der Waals surface area (Å²) in [4.78, 5) is 25.4. The molecule has 13 heteroatoms. The van der Waals surface area contributed by atoms with Crippen molar-refractivity contribution in [2.45, 2.75) is 82.0 Å². The van der Waals surface area contributed by atoms with Crippen LogP contribution in [-0.2, 0) is 9.47 Å². The number of nitrogens with zero attached hydrogens (tertiary/aromatic N) is 4. The van der Waals surface area contributed by atoms with Crippen molar-refractivity contribution in [2.24, 2.45) is 0 Å². The number of hydrogen-bond donors (Lipinski definition) is 3. The molecule has 0 bridgehead atoms. The Kier molecular flexibility index (Phi) is 7.56. The average molecular weight is 572 g/mol. The molecule has 10 nitrogen and oxygen atoms in total. The fraction of sp³-hybridized carbons (Fsp3) is 0.500. The Hall–Kier alpha value is -3.71. The molecule has 4 aromatic heterocycles. The second kappa shape index (κ2) is 11.3. The Morgan fingerprint density at radius 3 is 2.51 bits per heavy atom. The van der Waals surface area contributed by atoms with Crippen molar-refractivity contribution in [3.8, 4) is 11.1 Å². The number of aromatic nitrogens is 5. The second-order valence-electron chi connectivity index (χ2n) is 10.8. The molecule has 218 valence electrons. The lowest BCUT2D eigenvalue weighted by Crippen LogP contribution is -2.38. The highest BCUT2D eigenvalue weighted by Crippen LogP contribution is 2.31. The second-order valence-corrected chi connectivity index (χ2v) is 10.8. The number of hydrogen-bond acceptors (Lipinski definition) is 7. The van der Waals surface area contributed by atoms with E-state index in [1.54, 1.807) is 24.0 Å². The average Bonchev–Trinajstić information content (AvgIpc) is 3.57. The highest BCUT2D eigenvalue weighted by molar-refractivity contribution is 6.02. The third-order valence-electron chi connectivity index (χ3n) is 8.16. The van der Waals surface area contributed by atoms with Crippen LogP contribution in [0.1, 0.15) is 61.7 Å². The number of carbonyl (C=O) groups excluding carboxylic acids is 1. The number of halogens is 3. The van der Waals surface area contributed by atoms with Crippen molar-refractivity contribution in [3.63, 3.8) is 0 Å². The fourth-order valence-corrected chi connectivity index (χ4v) is 5.94. The number of aromatic amines is 1. The number of anilines is 1. The molecule has 41 heavy (non-hydrogen) atoms. The van der Waals surface area contributed by atoms with E-state index in [9.17, 15) is 18.0 Å². The predicted molar refractivity (Wildman–Crippen MR) is 145 cm³/mol. The molecule has 2 aliphatic carbocycles. The van der Waals surface area contributed by atoms with Crippen LogP contribution in [0.25, 0.3) is 27.7 Å². The monoisotopic (exact) mass is 571 g/mol. The maximum Gasteiger partial charge on any atom is 0.522 e. The van der Waals surface area contributed by atoms with Gasteiger partial charge in [-0.25, -0.2) is 9.50 Å². The molecular formula is C28H32F3N7O3. The highest BCUT2D eigenvalue weighted by atomic mass is 19.4. The number of rotatable bonds is 7. The molecule has 0 aliphatic heterocycles. The molecule has 4 heterocycles. The minimum absolute atomic E-state index is 0.0289. The molecule has 0 radical (unpaired) electrons. The summed E-state index contributed by atoms with van der Waals surface area (Å²) in [5.74, 6) is 0.269. The summed E-state index contributed by atoms with van der Waals surface area (Å²) >= 11 is 0. The number of alkyl halides is 3. The lowest BCUT2D eigenvalue weighted by atomic mass is 9.93. The van der Waals surface area contributed by atoms with Gasteiger partial charge in [-0.05, 0) is 69.1 Å². The maximum atomic E-state index is 13.1. The number of ether oxygens (including phenoxy) is 2. The third-order valence-corrected chi connectivity index (χ3v) is 8.16. The quantitative estimate of drug-likeness (QED) is 0.278. The summed E-state index contributed by atoms with van der Waals surface area (Å²) in [5.41, 5.74) is 3.60. The smallest absolute Gasteiger partial charge is 0.381 e. The van der Waals surface area contributed by atoms with E-state index >= 15 is 0 Å². The lowest BCUT2D eigenvalue weighted by molar-refractivity contribution is -0.345. The molecule has 4 aromatic rings. The van der Waals surface area contributed by atoms with Gasteiger partial charge in [-0.3, -0.25) is 9.53 Å². The molecule has 2 fully saturated rings. The Morgan fingerprint density at radius 1 is 1.05 bits per heavy atom. The van der Waals surface area contributed by atoms with Crippen molar-refractivity contribution in [2.75, 3.05) is 12.4 Å². The zero-order valence-electron chi connectivity index (χ0n) is 22.6. The van der Waals surface area contributed by atoms with Gasteiger partial charge in [-0.2, -0.15) is 10.1 Å². The molecule has 0 unspecified atom stereocenters. The summed E-state index contributed by atoms with van der Waals surface area (Å²) in [6.45, 7) is 0. The normalized spacial score (nSPS) is 23.6. The number of H-pyrrole nitrogens is 1. The van der Waals surface area contributed by atoms with E-state index in [1.165, 1.54) is 0 Å². The van der Waals surface area contributed by atoms with E-state index < -0.39 is 12.5 Å². The molecule has 0 spiro atoms. The number of pyridine rings is 1. The molecule has 3 N–H and O–H groups in total. The van der Waals surface area contributed by atoms with Gasteiger partial charge in [0.15, 0.2) is 0 Å². The van der Waals surface area contributed by atoms with Crippen molar-refractivity contribution in [3.05, 3.63) is 42.5 Å². The standard InChI is InChI=1S/C28H32F3N7O3/c1-40-19-6-2-17(3-7-19)35-26(39)23-15-34-38-11-10-16(12-24(23)38)21-13-32-25-22(21)14-33-27(37-25)36-18-4-8-20(9-5-18)41-28(29,30)31/h10-15,17-20H,2-9H2,1H3,(H,35,39)(H2,32,33,36,37)/t17?,18-,19?,20+. The molecule has 0 atom stereocenters. The van der Waals surface area contributed by atoms with E-state index in [0.717, 1.165) is 42.2 Å². The van der Waals surface area contributed by atoms with Gasteiger partial charge in [0.25, 0.3) is 5.91 Å². The molecular weight excluding hydrogens is 539 g/mol. The zero-order chi connectivity index (χ0) is 28.6. The molecule has 2 aliphatic rings. The molecule has 0 saturated heterocycles. The maximum absolute atomic E-state index is 13.1. The van der Waals surface area contributed by atoms with E-state index in [4.69, 9.17) is 4.74 Å². The molecule has 6 rings (SSSR count). The Bertz CT molecular complexity index is 1520. The Labute approximate surface area is 234 Å². The van der Waals surface area contributed by atoms with Gasteiger partial charge in [0.1, 0.15) is 5.65 Å². The number of nitrogens with one attached hydrogen (secondary N) is 3. The molecule has 2 saturated carbocycles. The van der Waals surface area contributed by atoms with Gasteiger partial charge >= 0.3 is 6.36 Å². The van der Waals surface area contributed by atoms with Gasteiger partial charge < -0.3 is 20.4 Å². The van der Waals surface area contributed by atoms with Gasteiger partial charge in [-0.15, -0.1) is 13.2 Å². The van der Waals surface area contributed by atoms with Crippen LogP contribution in [0.2, 0.25) is 0 Å².